The molecular formula is C14H17BrN4. The quantitative estimate of drug-likeness (QED) is 0.876. The summed E-state index contributed by atoms with van der Waals surface area (Å²) in [6.07, 6.45) is 3.70. The number of nitrogens with one attached hydrogen (secondary N) is 1. The Labute approximate surface area is 121 Å². The van der Waals surface area contributed by atoms with Crippen molar-refractivity contribution in [2.24, 2.45) is 0 Å². The highest BCUT2D eigenvalue weighted by Crippen LogP contribution is 2.27. The lowest BCUT2D eigenvalue weighted by Crippen LogP contribution is -2.57. The van der Waals surface area contributed by atoms with Gasteiger partial charge in [0.05, 0.1) is 11.2 Å². The highest BCUT2D eigenvalue weighted by molar-refractivity contribution is 9.10. The summed E-state index contributed by atoms with van der Waals surface area (Å²) >= 11 is 3.44. The van der Waals surface area contributed by atoms with E-state index in [9.17, 15) is 0 Å². The molecule has 1 aliphatic rings. The number of aromatic nitrogens is 2. The molecule has 100 valence electrons. The smallest absolute Gasteiger partial charge is 0.112 e. The summed E-state index contributed by atoms with van der Waals surface area (Å²) in [5.41, 5.74) is 3.21. The van der Waals surface area contributed by atoms with Crippen LogP contribution in [0.15, 0.2) is 29.0 Å². The third-order valence-corrected chi connectivity index (χ3v) is 3.87. The minimum atomic E-state index is 0.128. The molecule has 3 rings (SSSR count). The van der Waals surface area contributed by atoms with E-state index < -0.39 is 0 Å². The Bertz CT molecular complexity index is 611. The van der Waals surface area contributed by atoms with Crippen molar-refractivity contribution in [3.63, 3.8) is 0 Å². The van der Waals surface area contributed by atoms with Gasteiger partial charge in [-0.15, -0.1) is 0 Å². The van der Waals surface area contributed by atoms with E-state index in [-0.39, 0.29) is 5.54 Å². The average molecular weight is 321 g/mol. The van der Waals surface area contributed by atoms with Crippen LogP contribution >= 0.6 is 15.9 Å². The number of fused-ring (bicyclic) bond motifs is 1. The summed E-state index contributed by atoms with van der Waals surface area (Å²) < 4.78 is 0.963. The third-order valence-electron chi connectivity index (χ3n) is 3.43. The molecule has 0 spiro atoms. The zero-order chi connectivity index (χ0) is 13.5. The van der Waals surface area contributed by atoms with Crippen LogP contribution in [0.3, 0.4) is 0 Å². The number of halogens is 1. The Kier molecular flexibility index (Phi) is 3.19. The van der Waals surface area contributed by atoms with Crippen LogP contribution in [0.4, 0.5) is 5.69 Å². The van der Waals surface area contributed by atoms with Crippen molar-refractivity contribution in [3.8, 4) is 0 Å². The minimum Gasteiger partial charge on any atom is -0.367 e. The Morgan fingerprint density at radius 3 is 3.00 bits per heavy atom. The summed E-state index contributed by atoms with van der Waals surface area (Å²) in [5, 5.41) is 3.53. The van der Waals surface area contributed by atoms with Gasteiger partial charge in [-0.3, -0.25) is 9.97 Å². The minimum absolute atomic E-state index is 0.128. The molecular weight excluding hydrogens is 304 g/mol. The summed E-state index contributed by atoms with van der Waals surface area (Å²) in [6, 6.07) is 4.07. The van der Waals surface area contributed by atoms with Crippen molar-refractivity contribution in [2.75, 3.05) is 24.5 Å². The first-order chi connectivity index (χ1) is 9.05. The molecule has 2 aromatic rings. The average Bonchev–Trinajstić information content (AvgIpc) is 2.36. The fourth-order valence-electron chi connectivity index (χ4n) is 2.59. The molecule has 0 bridgehead atoms. The van der Waals surface area contributed by atoms with E-state index in [1.54, 1.807) is 0 Å². The number of rotatable bonds is 1. The highest BCUT2D eigenvalue weighted by Gasteiger charge is 2.26. The zero-order valence-electron chi connectivity index (χ0n) is 11.2. The topological polar surface area (TPSA) is 41.1 Å². The van der Waals surface area contributed by atoms with Gasteiger partial charge in [0.1, 0.15) is 5.52 Å². The molecule has 0 unspecified atom stereocenters. The normalized spacial score (nSPS) is 18.8. The van der Waals surface area contributed by atoms with Gasteiger partial charge in [-0.05, 0) is 41.9 Å². The first-order valence-corrected chi connectivity index (χ1v) is 7.25. The molecule has 4 nitrogen and oxygen atoms in total. The lowest BCUT2D eigenvalue weighted by molar-refractivity contribution is 0.353. The van der Waals surface area contributed by atoms with Crippen molar-refractivity contribution >= 4 is 32.7 Å². The largest absolute Gasteiger partial charge is 0.367 e. The van der Waals surface area contributed by atoms with Crippen LogP contribution in [0.25, 0.3) is 11.0 Å². The van der Waals surface area contributed by atoms with Gasteiger partial charge in [-0.2, -0.15) is 0 Å². The number of hydrogen-bond donors (Lipinski definition) is 1. The van der Waals surface area contributed by atoms with Crippen LogP contribution in [0.2, 0.25) is 0 Å². The van der Waals surface area contributed by atoms with E-state index >= 15 is 0 Å². The number of piperazine rings is 1. The molecule has 0 amide bonds. The molecule has 1 saturated heterocycles. The maximum atomic E-state index is 4.53. The van der Waals surface area contributed by atoms with Gasteiger partial charge in [0.25, 0.3) is 0 Å². The number of hydrogen-bond acceptors (Lipinski definition) is 4. The van der Waals surface area contributed by atoms with Gasteiger partial charge in [0, 0.05) is 42.0 Å². The Balaban J connectivity index is 2.05. The molecule has 3 heterocycles. The van der Waals surface area contributed by atoms with E-state index in [2.05, 4.69) is 56.0 Å². The first-order valence-electron chi connectivity index (χ1n) is 6.45. The monoisotopic (exact) mass is 320 g/mol. The summed E-state index contributed by atoms with van der Waals surface area (Å²) in [6.45, 7) is 7.43. The van der Waals surface area contributed by atoms with E-state index in [0.29, 0.717) is 0 Å². The highest BCUT2D eigenvalue weighted by atomic mass is 79.9. The Morgan fingerprint density at radius 2 is 2.21 bits per heavy atom. The van der Waals surface area contributed by atoms with Crippen molar-refractivity contribution in [3.05, 3.63) is 29.0 Å². The van der Waals surface area contributed by atoms with Gasteiger partial charge >= 0.3 is 0 Å². The lowest BCUT2D eigenvalue weighted by Gasteiger charge is -2.40. The fourth-order valence-corrected chi connectivity index (χ4v) is 2.91. The Morgan fingerprint density at radius 1 is 1.37 bits per heavy atom. The molecule has 1 N–H and O–H groups in total. The second-order valence-corrected chi connectivity index (χ2v) is 6.50. The molecule has 0 aromatic carbocycles. The van der Waals surface area contributed by atoms with Crippen LogP contribution in [-0.4, -0.2) is 35.1 Å². The van der Waals surface area contributed by atoms with Gasteiger partial charge in [-0.1, -0.05) is 0 Å². The van der Waals surface area contributed by atoms with Crippen molar-refractivity contribution in [1.82, 2.24) is 15.3 Å². The molecule has 0 aliphatic carbocycles. The van der Waals surface area contributed by atoms with Gasteiger partial charge in [0.2, 0.25) is 0 Å². The van der Waals surface area contributed by atoms with Crippen LogP contribution in [-0.2, 0) is 0 Å². The molecule has 2 aromatic heterocycles. The first kappa shape index (κ1) is 12.8. The van der Waals surface area contributed by atoms with Crippen LogP contribution in [0.1, 0.15) is 13.8 Å². The molecule has 0 saturated carbocycles. The van der Waals surface area contributed by atoms with E-state index in [1.807, 2.05) is 18.5 Å². The number of anilines is 1. The SMILES string of the molecule is CC1(C)CN(c2ccnc3cc(Br)cnc23)CCN1. The predicted molar refractivity (Wildman–Crippen MR) is 81.5 cm³/mol. The van der Waals surface area contributed by atoms with Gasteiger partial charge in [-0.25, -0.2) is 0 Å². The molecule has 0 atom stereocenters. The molecule has 5 heteroatoms. The van der Waals surface area contributed by atoms with Gasteiger partial charge in [0.15, 0.2) is 0 Å². The van der Waals surface area contributed by atoms with Crippen LogP contribution in [0.5, 0.6) is 0 Å². The number of nitrogens with zero attached hydrogens (tertiary/aromatic N) is 3. The third kappa shape index (κ3) is 2.58. The maximum Gasteiger partial charge on any atom is 0.112 e. The molecule has 1 fully saturated rings. The summed E-state index contributed by atoms with van der Waals surface area (Å²) in [5.74, 6) is 0. The predicted octanol–water partition coefficient (Wildman–Crippen LogP) is 2.58. The summed E-state index contributed by atoms with van der Waals surface area (Å²) in [7, 11) is 0. The van der Waals surface area contributed by atoms with Crippen molar-refractivity contribution < 1.29 is 0 Å². The van der Waals surface area contributed by atoms with Crippen molar-refractivity contribution in [1.29, 1.82) is 0 Å². The van der Waals surface area contributed by atoms with Crippen molar-refractivity contribution in [2.45, 2.75) is 19.4 Å². The molecule has 19 heavy (non-hydrogen) atoms. The summed E-state index contributed by atoms with van der Waals surface area (Å²) in [4.78, 5) is 11.3. The van der Waals surface area contributed by atoms with Crippen LogP contribution in [0, 0.1) is 0 Å². The fraction of sp³-hybridized carbons (Fsp3) is 0.429. The zero-order valence-corrected chi connectivity index (χ0v) is 12.7. The van der Waals surface area contributed by atoms with E-state index in [1.165, 1.54) is 5.69 Å². The maximum absolute atomic E-state index is 4.53. The molecule has 0 radical (unpaired) electrons. The Hall–Kier alpha value is -1.20. The van der Waals surface area contributed by atoms with E-state index in [4.69, 9.17) is 0 Å². The van der Waals surface area contributed by atoms with Gasteiger partial charge < -0.3 is 10.2 Å². The van der Waals surface area contributed by atoms with E-state index in [0.717, 1.165) is 35.1 Å². The second-order valence-electron chi connectivity index (χ2n) is 5.58. The second kappa shape index (κ2) is 4.72. The van der Waals surface area contributed by atoms with Crippen LogP contribution < -0.4 is 10.2 Å². The number of pyridine rings is 2. The molecule has 1 aliphatic heterocycles. The standard InChI is InChI=1S/C14H17BrN4/c1-14(2)9-19(6-5-18-14)12-3-4-16-11-7-10(15)8-17-13(11)12/h3-4,7-8,18H,5-6,9H2,1-2H3. The lowest BCUT2D eigenvalue weighted by atomic mass is 10.0.